The van der Waals surface area contributed by atoms with Gasteiger partial charge in [0.15, 0.2) is 0 Å². The highest BCUT2D eigenvalue weighted by atomic mass is 19.4. The Morgan fingerprint density at radius 1 is 1.47 bits per heavy atom. The molecule has 0 radical (unpaired) electrons. The lowest BCUT2D eigenvalue weighted by atomic mass is 9.82. The van der Waals surface area contributed by atoms with Gasteiger partial charge in [0.2, 0.25) is 5.91 Å². The van der Waals surface area contributed by atoms with E-state index in [-0.39, 0.29) is 12.0 Å². The van der Waals surface area contributed by atoms with Crippen molar-refractivity contribution in [3.63, 3.8) is 0 Å². The molecule has 88 valence electrons. The van der Waals surface area contributed by atoms with E-state index >= 15 is 0 Å². The van der Waals surface area contributed by atoms with E-state index in [0.29, 0.717) is 19.4 Å². The molecular formula is C9H14F3NO2. The Hall–Kier alpha value is -0.780. The minimum Gasteiger partial charge on any atom is -0.393 e. The van der Waals surface area contributed by atoms with Gasteiger partial charge in [-0.25, -0.2) is 0 Å². The van der Waals surface area contributed by atoms with Crippen LogP contribution in [0.4, 0.5) is 13.2 Å². The number of rotatable bonds is 3. The smallest absolute Gasteiger partial charge is 0.393 e. The molecule has 1 aliphatic rings. The number of nitrogens with zero attached hydrogens (tertiary/aromatic N) is 1. The van der Waals surface area contributed by atoms with Crippen LogP contribution in [0.15, 0.2) is 0 Å². The van der Waals surface area contributed by atoms with Crippen molar-refractivity contribution < 1.29 is 23.1 Å². The number of alkyl halides is 3. The van der Waals surface area contributed by atoms with Gasteiger partial charge in [0, 0.05) is 13.6 Å². The van der Waals surface area contributed by atoms with Crippen molar-refractivity contribution in [1.82, 2.24) is 4.90 Å². The van der Waals surface area contributed by atoms with Crippen LogP contribution in [0.2, 0.25) is 0 Å². The summed E-state index contributed by atoms with van der Waals surface area (Å²) in [5.41, 5.74) is 0. The molecule has 0 bridgehead atoms. The summed E-state index contributed by atoms with van der Waals surface area (Å²) in [6.45, 7) is 0.298. The molecule has 0 aromatic carbocycles. The predicted octanol–water partition coefficient (Wildman–Crippen LogP) is 1.17. The van der Waals surface area contributed by atoms with Crippen molar-refractivity contribution in [2.75, 3.05) is 13.6 Å². The highest BCUT2D eigenvalue weighted by molar-refractivity contribution is 5.76. The highest BCUT2D eigenvalue weighted by Gasteiger charge is 2.34. The van der Waals surface area contributed by atoms with Crippen LogP contribution in [0.5, 0.6) is 0 Å². The average Bonchev–Trinajstić information content (AvgIpc) is 1.98. The van der Waals surface area contributed by atoms with Gasteiger partial charge in [-0.15, -0.1) is 0 Å². The standard InChI is InChI=1S/C9H14F3NO2/c1-13(5-6-2-7(14)3-6)8(15)4-9(10,11)12/h6-7,14H,2-5H2,1H3. The summed E-state index contributed by atoms with van der Waals surface area (Å²) < 4.78 is 35.6. The number of halogens is 3. The Morgan fingerprint density at radius 3 is 2.40 bits per heavy atom. The zero-order valence-corrected chi connectivity index (χ0v) is 8.42. The number of aliphatic hydroxyl groups excluding tert-OH is 1. The maximum absolute atomic E-state index is 11.9. The summed E-state index contributed by atoms with van der Waals surface area (Å²) in [7, 11) is 1.36. The molecule has 1 amide bonds. The predicted molar refractivity (Wildman–Crippen MR) is 47.0 cm³/mol. The molecule has 1 aliphatic carbocycles. The van der Waals surface area contributed by atoms with E-state index in [4.69, 9.17) is 5.11 Å². The van der Waals surface area contributed by atoms with Crippen molar-refractivity contribution in [2.24, 2.45) is 5.92 Å². The zero-order valence-electron chi connectivity index (χ0n) is 8.42. The SMILES string of the molecule is CN(CC1CC(O)C1)C(=O)CC(F)(F)F. The van der Waals surface area contributed by atoms with Gasteiger partial charge in [0.1, 0.15) is 6.42 Å². The number of aliphatic hydroxyl groups is 1. The lowest BCUT2D eigenvalue weighted by Gasteiger charge is -2.34. The molecule has 0 unspecified atom stereocenters. The van der Waals surface area contributed by atoms with Crippen molar-refractivity contribution in [1.29, 1.82) is 0 Å². The maximum atomic E-state index is 11.9. The van der Waals surface area contributed by atoms with Crippen molar-refractivity contribution in [2.45, 2.75) is 31.5 Å². The van der Waals surface area contributed by atoms with Gasteiger partial charge < -0.3 is 10.0 Å². The molecule has 1 fully saturated rings. The second-order valence-electron chi connectivity index (χ2n) is 4.06. The monoisotopic (exact) mass is 225 g/mol. The first kappa shape index (κ1) is 12.3. The number of hydrogen-bond acceptors (Lipinski definition) is 2. The molecule has 1 N–H and O–H groups in total. The summed E-state index contributed by atoms with van der Waals surface area (Å²) >= 11 is 0. The van der Waals surface area contributed by atoms with Crippen LogP contribution in [0.3, 0.4) is 0 Å². The number of carbonyl (C=O) groups excluding carboxylic acids is 1. The molecule has 0 heterocycles. The van der Waals surface area contributed by atoms with Gasteiger partial charge in [-0.1, -0.05) is 0 Å². The van der Waals surface area contributed by atoms with Crippen molar-refractivity contribution in [3.05, 3.63) is 0 Å². The molecule has 1 rings (SSSR count). The van der Waals surface area contributed by atoms with Crippen LogP contribution in [-0.4, -0.2) is 41.8 Å². The minimum atomic E-state index is -4.44. The fourth-order valence-corrected chi connectivity index (χ4v) is 1.65. The normalized spacial score (nSPS) is 25.9. The molecule has 0 spiro atoms. The molecule has 0 saturated heterocycles. The first-order valence-electron chi connectivity index (χ1n) is 4.76. The molecule has 0 aromatic rings. The van der Waals surface area contributed by atoms with E-state index in [1.165, 1.54) is 7.05 Å². The third kappa shape index (κ3) is 4.07. The summed E-state index contributed by atoms with van der Waals surface area (Å²) in [5.74, 6) is -0.772. The second kappa shape index (κ2) is 4.38. The fourth-order valence-electron chi connectivity index (χ4n) is 1.65. The lowest BCUT2D eigenvalue weighted by Crippen LogP contribution is -2.40. The first-order chi connectivity index (χ1) is 6.78. The molecule has 15 heavy (non-hydrogen) atoms. The van der Waals surface area contributed by atoms with E-state index in [0.717, 1.165) is 4.90 Å². The molecule has 3 nitrogen and oxygen atoms in total. The van der Waals surface area contributed by atoms with Crippen LogP contribution >= 0.6 is 0 Å². The van der Waals surface area contributed by atoms with Gasteiger partial charge in [-0.2, -0.15) is 13.2 Å². The van der Waals surface area contributed by atoms with Crippen molar-refractivity contribution in [3.8, 4) is 0 Å². The summed E-state index contributed by atoms with van der Waals surface area (Å²) in [6, 6.07) is 0. The molecule has 0 atom stereocenters. The van der Waals surface area contributed by atoms with E-state index in [9.17, 15) is 18.0 Å². The molecule has 0 aliphatic heterocycles. The Bertz CT molecular complexity index is 236. The molecule has 0 aromatic heterocycles. The van der Waals surface area contributed by atoms with Crippen LogP contribution in [-0.2, 0) is 4.79 Å². The first-order valence-corrected chi connectivity index (χ1v) is 4.76. The van der Waals surface area contributed by atoms with Crippen LogP contribution in [0, 0.1) is 5.92 Å². The van der Waals surface area contributed by atoms with E-state index in [1.807, 2.05) is 0 Å². The number of hydrogen-bond donors (Lipinski definition) is 1. The Labute approximate surface area is 85.9 Å². The molecule has 6 heteroatoms. The van der Waals surface area contributed by atoms with E-state index in [1.54, 1.807) is 0 Å². The number of amides is 1. The molecular weight excluding hydrogens is 211 g/mol. The minimum absolute atomic E-state index is 0.141. The molecule has 1 saturated carbocycles. The van der Waals surface area contributed by atoms with Gasteiger partial charge in [0.25, 0.3) is 0 Å². The van der Waals surface area contributed by atoms with Gasteiger partial charge >= 0.3 is 6.18 Å². The van der Waals surface area contributed by atoms with Crippen LogP contribution < -0.4 is 0 Å². The van der Waals surface area contributed by atoms with Crippen LogP contribution in [0.1, 0.15) is 19.3 Å². The van der Waals surface area contributed by atoms with Gasteiger partial charge in [-0.3, -0.25) is 4.79 Å². The summed E-state index contributed by atoms with van der Waals surface area (Å²) in [4.78, 5) is 12.1. The fraction of sp³-hybridized carbons (Fsp3) is 0.889. The Balaban J connectivity index is 2.27. The third-order valence-electron chi connectivity index (χ3n) is 2.52. The number of carbonyl (C=O) groups is 1. The average molecular weight is 225 g/mol. The van der Waals surface area contributed by atoms with Gasteiger partial charge in [-0.05, 0) is 18.8 Å². The Morgan fingerprint density at radius 2 is 2.00 bits per heavy atom. The van der Waals surface area contributed by atoms with Crippen LogP contribution in [0.25, 0.3) is 0 Å². The zero-order chi connectivity index (χ0) is 11.6. The third-order valence-corrected chi connectivity index (χ3v) is 2.52. The highest BCUT2D eigenvalue weighted by Crippen LogP contribution is 2.28. The van der Waals surface area contributed by atoms with E-state index < -0.39 is 18.5 Å². The van der Waals surface area contributed by atoms with E-state index in [2.05, 4.69) is 0 Å². The quantitative estimate of drug-likeness (QED) is 0.783. The van der Waals surface area contributed by atoms with Gasteiger partial charge in [0.05, 0.1) is 6.10 Å². The summed E-state index contributed by atoms with van der Waals surface area (Å²) in [6.07, 6.45) is -5.04. The maximum Gasteiger partial charge on any atom is 0.397 e. The topological polar surface area (TPSA) is 40.5 Å². The largest absolute Gasteiger partial charge is 0.397 e. The second-order valence-corrected chi connectivity index (χ2v) is 4.06. The lowest BCUT2D eigenvalue weighted by molar-refractivity contribution is -0.161. The Kier molecular flexibility index (Phi) is 3.59. The van der Waals surface area contributed by atoms with Crippen molar-refractivity contribution >= 4 is 5.91 Å². The summed E-state index contributed by atoms with van der Waals surface area (Å²) in [5, 5.41) is 8.97.